The number of anilines is 1. The van der Waals surface area contributed by atoms with E-state index in [2.05, 4.69) is 5.32 Å². The largest absolute Gasteiger partial charge is 0.495 e. The number of halogens is 1. The minimum atomic E-state index is -0.966. The highest BCUT2D eigenvalue weighted by molar-refractivity contribution is 6.31. The van der Waals surface area contributed by atoms with Crippen LogP contribution in [-0.4, -0.2) is 25.1 Å². The van der Waals surface area contributed by atoms with Gasteiger partial charge < -0.3 is 14.8 Å². The van der Waals surface area contributed by atoms with Crippen LogP contribution in [0.5, 0.6) is 5.75 Å². The van der Waals surface area contributed by atoms with Gasteiger partial charge in [0.25, 0.3) is 5.91 Å². The molecule has 2 aromatic rings. The van der Waals surface area contributed by atoms with Crippen LogP contribution >= 0.6 is 11.6 Å². The van der Waals surface area contributed by atoms with Crippen molar-refractivity contribution in [3.8, 4) is 5.75 Å². The number of hydrogen-bond acceptors (Lipinski definition) is 4. The van der Waals surface area contributed by atoms with Crippen LogP contribution in [-0.2, 0) is 9.53 Å². The lowest BCUT2D eigenvalue weighted by Crippen LogP contribution is -2.30. The first-order valence-corrected chi connectivity index (χ1v) is 7.29. The topological polar surface area (TPSA) is 64.6 Å². The summed E-state index contributed by atoms with van der Waals surface area (Å²) < 4.78 is 10.3. The molecule has 23 heavy (non-hydrogen) atoms. The van der Waals surface area contributed by atoms with Crippen molar-refractivity contribution in [3.63, 3.8) is 0 Å². The highest BCUT2D eigenvalue weighted by Crippen LogP contribution is 2.27. The first kappa shape index (κ1) is 16.8. The van der Waals surface area contributed by atoms with Crippen molar-refractivity contribution in [2.24, 2.45) is 0 Å². The summed E-state index contributed by atoms with van der Waals surface area (Å²) >= 11 is 5.91. The highest BCUT2D eigenvalue weighted by atomic mass is 35.5. The van der Waals surface area contributed by atoms with E-state index >= 15 is 0 Å². The summed E-state index contributed by atoms with van der Waals surface area (Å²) in [5, 5.41) is 3.09. The monoisotopic (exact) mass is 333 g/mol. The van der Waals surface area contributed by atoms with E-state index in [1.807, 2.05) is 0 Å². The molecular weight excluding hydrogens is 318 g/mol. The van der Waals surface area contributed by atoms with E-state index < -0.39 is 18.0 Å². The van der Waals surface area contributed by atoms with Crippen LogP contribution in [0.2, 0.25) is 5.02 Å². The van der Waals surface area contributed by atoms with Crippen LogP contribution in [0.3, 0.4) is 0 Å². The van der Waals surface area contributed by atoms with Gasteiger partial charge in [-0.05, 0) is 37.3 Å². The quantitative estimate of drug-likeness (QED) is 0.850. The zero-order chi connectivity index (χ0) is 16.8. The third kappa shape index (κ3) is 4.47. The second-order valence-corrected chi connectivity index (χ2v) is 5.18. The van der Waals surface area contributed by atoms with Gasteiger partial charge in [0.05, 0.1) is 18.4 Å². The maximum absolute atomic E-state index is 12.2. The summed E-state index contributed by atoms with van der Waals surface area (Å²) in [6, 6.07) is 13.3. The van der Waals surface area contributed by atoms with Gasteiger partial charge in [-0.1, -0.05) is 29.8 Å². The highest BCUT2D eigenvalue weighted by Gasteiger charge is 2.20. The molecule has 0 saturated heterocycles. The van der Waals surface area contributed by atoms with Gasteiger partial charge in [0.2, 0.25) is 0 Å². The molecule has 1 amide bonds. The molecule has 0 aliphatic heterocycles. The van der Waals surface area contributed by atoms with Gasteiger partial charge in [-0.25, -0.2) is 4.79 Å². The summed E-state index contributed by atoms with van der Waals surface area (Å²) in [5.41, 5.74) is 0.792. The number of amides is 1. The molecule has 0 aliphatic carbocycles. The summed E-state index contributed by atoms with van der Waals surface area (Å²) in [6.07, 6.45) is -0.966. The predicted molar refractivity (Wildman–Crippen MR) is 88.0 cm³/mol. The van der Waals surface area contributed by atoms with Crippen LogP contribution in [0.1, 0.15) is 17.3 Å². The Labute approximate surface area is 139 Å². The molecule has 2 rings (SSSR count). The molecule has 120 valence electrons. The molecular formula is C17H16ClNO4. The van der Waals surface area contributed by atoms with Gasteiger partial charge in [0.15, 0.2) is 6.10 Å². The van der Waals surface area contributed by atoms with Gasteiger partial charge in [-0.3, -0.25) is 4.79 Å². The zero-order valence-corrected chi connectivity index (χ0v) is 13.5. The molecule has 0 radical (unpaired) electrons. The minimum Gasteiger partial charge on any atom is -0.495 e. The molecule has 1 N–H and O–H groups in total. The molecule has 0 aliphatic rings. The number of ether oxygens (including phenoxy) is 2. The normalized spacial score (nSPS) is 11.4. The average Bonchev–Trinajstić information content (AvgIpc) is 2.55. The molecule has 0 saturated carbocycles. The zero-order valence-electron chi connectivity index (χ0n) is 12.7. The van der Waals surface area contributed by atoms with Crippen LogP contribution in [0.4, 0.5) is 5.69 Å². The molecule has 6 heteroatoms. The van der Waals surface area contributed by atoms with E-state index in [0.717, 1.165) is 0 Å². The second-order valence-electron chi connectivity index (χ2n) is 4.75. The Balaban J connectivity index is 2.03. The maximum Gasteiger partial charge on any atom is 0.338 e. The summed E-state index contributed by atoms with van der Waals surface area (Å²) in [6.45, 7) is 1.49. The predicted octanol–water partition coefficient (Wildman–Crippen LogP) is 3.53. The van der Waals surface area contributed by atoms with Gasteiger partial charge in [-0.15, -0.1) is 0 Å². The number of carbonyl (C=O) groups excluding carboxylic acids is 2. The molecule has 0 fully saturated rings. The minimum absolute atomic E-state index is 0.382. The van der Waals surface area contributed by atoms with E-state index in [9.17, 15) is 9.59 Å². The van der Waals surface area contributed by atoms with Gasteiger partial charge in [0.1, 0.15) is 5.75 Å². The van der Waals surface area contributed by atoms with Crippen molar-refractivity contribution in [1.29, 1.82) is 0 Å². The fourth-order valence-electron chi connectivity index (χ4n) is 1.87. The molecule has 1 unspecified atom stereocenters. The lowest BCUT2D eigenvalue weighted by Gasteiger charge is -2.15. The number of carbonyl (C=O) groups is 2. The lowest BCUT2D eigenvalue weighted by molar-refractivity contribution is -0.123. The van der Waals surface area contributed by atoms with Gasteiger partial charge in [0, 0.05) is 5.02 Å². The smallest absolute Gasteiger partial charge is 0.338 e. The summed E-state index contributed by atoms with van der Waals surface area (Å²) in [4.78, 5) is 24.1. The van der Waals surface area contributed by atoms with Crippen molar-refractivity contribution >= 4 is 29.2 Å². The first-order chi connectivity index (χ1) is 11.0. The van der Waals surface area contributed by atoms with Gasteiger partial charge in [-0.2, -0.15) is 0 Å². The Hall–Kier alpha value is -2.53. The van der Waals surface area contributed by atoms with Crippen LogP contribution in [0.25, 0.3) is 0 Å². The molecule has 0 heterocycles. The standard InChI is InChI=1S/C17H16ClNO4/c1-11(23-17(21)12-6-4-3-5-7-12)16(20)19-14-10-13(18)8-9-15(14)22-2/h3-11H,1-2H3,(H,19,20). The fourth-order valence-corrected chi connectivity index (χ4v) is 2.04. The van der Waals surface area contributed by atoms with E-state index in [-0.39, 0.29) is 0 Å². The first-order valence-electron chi connectivity index (χ1n) is 6.91. The molecule has 0 aromatic heterocycles. The number of hydrogen-bond donors (Lipinski definition) is 1. The van der Waals surface area contributed by atoms with Crippen molar-refractivity contribution in [3.05, 3.63) is 59.1 Å². The second kappa shape index (κ2) is 7.65. The van der Waals surface area contributed by atoms with Crippen LogP contribution in [0.15, 0.2) is 48.5 Å². The number of nitrogens with one attached hydrogen (secondary N) is 1. The van der Waals surface area contributed by atoms with Crippen molar-refractivity contribution in [2.75, 3.05) is 12.4 Å². The number of methoxy groups -OCH3 is 1. The third-order valence-electron chi connectivity index (χ3n) is 3.08. The molecule has 5 nitrogen and oxygen atoms in total. The fraction of sp³-hybridized carbons (Fsp3) is 0.176. The van der Waals surface area contributed by atoms with Crippen molar-refractivity contribution < 1.29 is 19.1 Å². The van der Waals surface area contributed by atoms with Crippen LogP contribution in [0, 0.1) is 0 Å². The average molecular weight is 334 g/mol. The molecule has 0 bridgehead atoms. The van der Waals surface area contributed by atoms with E-state index in [1.54, 1.807) is 48.5 Å². The van der Waals surface area contributed by atoms with Crippen LogP contribution < -0.4 is 10.1 Å². The van der Waals surface area contributed by atoms with Gasteiger partial charge >= 0.3 is 5.97 Å². The number of esters is 1. The Morgan fingerprint density at radius 3 is 2.48 bits per heavy atom. The van der Waals surface area contributed by atoms with E-state index in [4.69, 9.17) is 21.1 Å². The Morgan fingerprint density at radius 1 is 1.13 bits per heavy atom. The Kier molecular flexibility index (Phi) is 5.60. The van der Waals surface area contributed by atoms with Crippen molar-refractivity contribution in [1.82, 2.24) is 0 Å². The number of rotatable bonds is 5. The van der Waals surface area contributed by atoms with E-state index in [0.29, 0.717) is 22.0 Å². The SMILES string of the molecule is COc1ccc(Cl)cc1NC(=O)C(C)OC(=O)c1ccccc1. The molecule has 2 aromatic carbocycles. The molecule has 0 spiro atoms. The molecule has 1 atom stereocenters. The maximum atomic E-state index is 12.2. The van der Waals surface area contributed by atoms with Crippen molar-refractivity contribution in [2.45, 2.75) is 13.0 Å². The lowest BCUT2D eigenvalue weighted by atomic mass is 10.2. The van der Waals surface area contributed by atoms with E-state index in [1.165, 1.54) is 14.0 Å². The summed E-state index contributed by atoms with van der Waals surface area (Å²) in [5.74, 6) is -0.578. The Morgan fingerprint density at radius 2 is 1.83 bits per heavy atom. The third-order valence-corrected chi connectivity index (χ3v) is 3.32. The summed E-state index contributed by atoms with van der Waals surface area (Å²) in [7, 11) is 1.48. The number of benzene rings is 2. The Bertz CT molecular complexity index is 703.